The lowest BCUT2D eigenvalue weighted by Crippen LogP contribution is -2.62. The monoisotopic (exact) mass is 1820 g/mol. The van der Waals surface area contributed by atoms with E-state index < -0.39 is 185 Å². The maximum atomic E-state index is 15.2. The molecule has 11 N–H and O–H groups in total. The summed E-state index contributed by atoms with van der Waals surface area (Å²) in [5.74, 6) is -8.15. The minimum absolute atomic E-state index is 0.00234. The van der Waals surface area contributed by atoms with E-state index in [1.807, 2.05) is 69.2 Å². The van der Waals surface area contributed by atoms with Crippen molar-refractivity contribution in [3.8, 4) is 5.75 Å². The Labute approximate surface area is 761 Å². The van der Waals surface area contributed by atoms with Crippen molar-refractivity contribution in [1.82, 2.24) is 70.5 Å². The van der Waals surface area contributed by atoms with Crippen molar-refractivity contribution in [2.24, 2.45) is 47.3 Å². The smallest absolute Gasteiger partial charge is 0.407 e. The first-order chi connectivity index (χ1) is 59.6. The van der Waals surface area contributed by atoms with Crippen molar-refractivity contribution in [2.45, 2.75) is 285 Å². The van der Waals surface area contributed by atoms with E-state index in [4.69, 9.17) is 19.9 Å². The number of nitrogens with zero attached hydrogens (tertiary/aromatic N) is 8. The Hall–Kier alpha value is -9.23. The van der Waals surface area contributed by atoms with Gasteiger partial charge in [0.15, 0.2) is 6.61 Å². The first-order valence-electron chi connectivity index (χ1n) is 45.2. The topological polar surface area (TPSA) is 451 Å². The molecule has 1 aliphatic rings. The lowest BCUT2D eigenvalue weighted by atomic mass is 9.94. The third-order valence-electron chi connectivity index (χ3n) is 23.0. The number of nitrogen functional groups attached to an aromatic ring is 1. The van der Waals surface area contributed by atoms with Gasteiger partial charge in [-0.1, -0.05) is 136 Å². The Balaban J connectivity index is 1.92. The highest BCUT2D eigenvalue weighted by Crippen LogP contribution is 2.28. The number of ether oxygens (including phenoxy) is 3. The zero-order chi connectivity index (χ0) is 97.4. The molecule has 35 nitrogen and oxygen atoms in total. The Morgan fingerprint density at radius 1 is 0.547 bits per heavy atom. The second kappa shape index (κ2) is 53.8. The number of amides is 12. The second-order valence-corrected chi connectivity index (χ2v) is 39.5. The van der Waals surface area contributed by atoms with Crippen LogP contribution in [0.4, 0.5) is 10.5 Å². The van der Waals surface area contributed by atoms with E-state index >= 15 is 14.4 Å². The summed E-state index contributed by atoms with van der Waals surface area (Å²) in [4.78, 5) is 181. The highest BCUT2D eigenvalue weighted by Gasteiger charge is 2.45. The molecule has 0 aliphatic carbocycles. The van der Waals surface area contributed by atoms with E-state index in [2.05, 4.69) is 38.5 Å². The molecule has 0 radical (unpaired) electrons. The Morgan fingerprint density at radius 2 is 1.09 bits per heavy atom. The number of aliphatic hydroxyl groups excluding tert-OH is 3. The van der Waals surface area contributed by atoms with Gasteiger partial charge in [0.25, 0.3) is 5.91 Å². The van der Waals surface area contributed by atoms with Crippen LogP contribution in [-0.2, 0) is 78.7 Å². The molecule has 128 heavy (non-hydrogen) atoms. The number of hydrogen-bond acceptors (Lipinski definition) is 22. The number of hydrogen-bond donors (Lipinski definition) is 10. The van der Waals surface area contributed by atoms with E-state index in [1.165, 1.54) is 93.1 Å². The van der Waals surface area contributed by atoms with Crippen LogP contribution in [0.2, 0.25) is 0 Å². The van der Waals surface area contributed by atoms with Crippen molar-refractivity contribution in [2.75, 3.05) is 108 Å². The first-order valence-corrected chi connectivity index (χ1v) is 46.6. The number of likely N-dealkylation sites (N-methyl/N-ethyl adjacent to an activating group) is 7. The van der Waals surface area contributed by atoms with E-state index in [1.54, 1.807) is 101 Å². The van der Waals surface area contributed by atoms with Gasteiger partial charge in [-0.05, 0) is 154 Å². The number of carbonyl (C=O) groups excluding carboxylic acids is 12. The summed E-state index contributed by atoms with van der Waals surface area (Å²) in [6.07, 6.45) is -1.89. The molecular weight excluding hydrogens is 1670 g/mol. The molecule has 2 aromatic carbocycles. The molecule has 3 rings (SSSR count). The summed E-state index contributed by atoms with van der Waals surface area (Å²) in [5.41, 5.74) is 6.94. The second-order valence-electron chi connectivity index (χ2n) is 37.5. The number of rotatable bonds is 55. The molecule has 0 spiro atoms. The minimum atomic E-state index is -4.14. The standard InChI is InChI=1S/C92H157N15O20S/c1-28-69(96-86(116)81(82(112)61(16)17)106(27)91(121)80(60(14)15)105(26)78(111)41-32-54(2)3)88(118)104(25)75(51-108)63(19)101(22)72(45-55(4)5)85(115)99-79(59(12)13)90(120)102(23)73(46-56(6)7)84(114)97-70(83(113)95-62(18)87(117)103(24)74(47-57(8)9)89(119)100(20)21)31-29-30-43-94-77(110)53-126-66-37-33-64(34-38-66)48-71(98-92(122)127-67-42-44-125-52-67)76(109)50-107(49-58(10)11)128(123,124)68-39-35-65(93)36-40-68/h33-40,54-62,67,69-76,79-82,108-109,112H,19,28-32,41-53,93H2,1-18,20-27H3,(H,94,110)(H,95,113)(H,96,116)(H,97,114)(H,98,122)(H,99,115)/t62-,67+,69+,70+,71?,72+,73+,74+,75-,76?,79+,80+,81+,82-/m1/s1. The van der Waals surface area contributed by atoms with Gasteiger partial charge in [-0.25, -0.2) is 13.2 Å². The third-order valence-corrected chi connectivity index (χ3v) is 24.9. The molecule has 1 heterocycles. The number of unbranched alkanes of at least 4 members (excludes halogenated alkanes) is 1. The lowest BCUT2D eigenvalue weighted by Gasteiger charge is -2.40. The fourth-order valence-electron chi connectivity index (χ4n) is 15.2. The number of aliphatic hydroxyl groups is 3. The number of nitrogens with one attached hydrogen (secondary N) is 6. The zero-order valence-electron chi connectivity index (χ0n) is 81.1. The molecule has 0 bridgehead atoms. The third kappa shape index (κ3) is 34.9. The van der Waals surface area contributed by atoms with Crippen LogP contribution >= 0.6 is 0 Å². The van der Waals surface area contributed by atoms with Gasteiger partial charge in [0.05, 0.1) is 49.0 Å². The largest absolute Gasteiger partial charge is 0.484 e. The summed E-state index contributed by atoms with van der Waals surface area (Å²) in [6, 6.07) is -0.855. The normalized spacial score (nSPS) is 16.1. The summed E-state index contributed by atoms with van der Waals surface area (Å²) < 4.78 is 46.0. The van der Waals surface area contributed by atoms with Crippen LogP contribution in [-0.4, -0.2) is 321 Å². The first kappa shape index (κ1) is 113. The Kier molecular flexibility index (Phi) is 47.5. The average molecular weight is 1830 g/mol. The van der Waals surface area contributed by atoms with Crippen LogP contribution in [0.25, 0.3) is 0 Å². The fourth-order valence-corrected chi connectivity index (χ4v) is 16.8. The van der Waals surface area contributed by atoms with Gasteiger partial charge in [-0.3, -0.25) is 52.7 Å². The Bertz CT molecular complexity index is 4030. The van der Waals surface area contributed by atoms with Crippen molar-refractivity contribution < 1.29 is 95.5 Å². The molecule has 12 amide bonds. The molecule has 1 fully saturated rings. The summed E-state index contributed by atoms with van der Waals surface area (Å²) in [5, 5.41) is 51.5. The number of sulfonamides is 1. The summed E-state index contributed by atoms with van der Waals surface area (Å²) in [6.45, 7) is 35.9. The molecule has 2 unspecified atom stereocenters. The van der Waals surface area contributed by atoms with E-state index in [0.29, 0.717) is 37.1 Å². The van der Waals surface area contributed by atoms with Crippen LogP contribution in [0.15, 0.2) is 65.7 Å². The van der Waals surface area contributed by atoms with Crippen molar-refractivity contribution in [3.05, 3.63) is 66.4 Å². The predicted molar refractivity (Wildman–Crippen MR) is 491 cm³/mol. The van der Waals surface area contributed by atoms with Crippen molar-refractivity contribution in [3.63, 3.8) is 0 Å². The van der Waals surface area contributed by atoms with Crippen LogP contribution in [0, 0.1) is 47.3 Å². The van der Waals surface area contributed by atoms with Crippen LogP contribution in [0.1, 0.15) is 194 Å². The number of nitrogens with two attached hydrogens (primary N) is 1. The van der Waals surface area contributed by atoms with Gasteiger partial charge in [0, 0.05) is 100 Å². The van der Waals surface area contributed by atoms with Crippen LogP contribution < -0.4 is 42.4 Å². The van der Waals surface area contributed by atoms with Gasteiger partial charge < -0.3 is 101 Å². The van der Waals surface area contributed by atoms with Gasteiger partial charge in [0.1, 0.15) is 66.2 Å². The Morgan fingerprint density at radius 3 is 1.60 bits per heavy atom. The number of alkyl carbamates (subject to hydrolysis) is 1. The average Bonchev–Trinajstić information content (AvgIpc) is 0.832. The van der Waals surface area contributed by atoms with Gasteiger partial charge >= 0.3 is 6.09 Å². The molecule has 0 saturated carbocycles. The lowest BCUT2D eigenvalue weighted by molar-refractivity contribution is -0.153. The van der Waals surface area contributed by atoms with E-state index in [-0.39, 0.29) is 135 Å². The van der Waals surface area contributed by atoms with Crippen LogP contribution in [0.3, 0.4) is 0 Å². The molecular formula is C92H157N15O20S. The maximum Gasteiger partial charge on any atom is 0.407 e. The summed E-state index contributed by atoms with van der Waals surface area (Å²) >= 11 is 0. The molecule has 2 aromatic rings. The number of anilines is 1. The maximum absolute atomic E-state index is 15.2. The summed E-state index contributed by atoms with van der Waals surface area (Å²) in [7, 11) is 7.81. The van der Waals surface area contributed by atoms with Gasteiger partial charge in [-0.2, -0.15) is 4.31 Å². The van der Waals surface area contributed by atoms with E-state index in [0.717, 1.165) is 4.90 Å². The molecule has 726 valence electrons. The SMILES string of the molecule is C=C([C@@H](CO)N(C)C(=O)[C@H](CC)NC(=O)[C@H]([C@H](O)C(C)C)N(C)C(=O)[C@H](C(C)C)N(C)C(=O)CCC(C)C)N(C)[C@@H](CC(C)C)C(=O)N[C@H](C(=O)N(C)[C@@H](CC(C)C)C(=O)N[C@@H](CCCCNC(=O)COc1ccc(CC(NC(=O)O[C@H]2CCOC2)C(O)CN(CC(C)C)S(=O)(=O)c2ccc(N)cc2)cc1)C(=O)N[C@H](C)C(=O)N(C)[C@@H](CC(C)C)C(=O)N(C)C)C(C)C. The van der Waals surface area contributed by atoms with Crippen molar-refractivity contribution >= 4 is 86.8 Å². The van der Waals surface area contributed by atoms with Crippen LogP contribution in [0.5, 0.6) is 5.75 Å². The zero-order valence-corrected chi connectivity index (χ0v) is 81.9. The number of benzene rings is 2. The fraction of sp³-hybridized carbons (Fsp3) is 0.717. The minimum Gasteiger partial charge on any atom is -0.484 e. The quantitative estimate of drug-likeness (QED) is 0.0294. The highest BCUT2D eigenvalue weighted by atomic mass is 32.2. The molecule has 1 aliphatic heterocycles. The number of carbonyl (C=O) groups is 12. The molecule has 14 atom stereocenters. The predicted octanol–water partition coefficient (Wildman–Crippen LogP) is 5.37. The molecule has 1 saturated heterocycles. The van der Waals surface area contributed by atoms with Gasteiger partial charge in [0.2, 0.25) is 69.1 Å². The van der Waals surface area contributed by atoms with Gasteiger partial charge in [-0.15, -0.1) is 0 Å². The van der Waals surface area contributed by atoms with Crippen molar-refractivity contribution in [1.29, 1.82) is 0 Å². The highest BCUT2D eigenvalue weighted by molar-refractivity contribution is 7.89. The van der Waals surface area contributed by atoms with E-state index in [9.17, 15) is 66.9 Å². The molecule has 36 heteroatoms. The molecule has 0 aromatic heterocycles.